The van der Waals surface area contributed by atoms with Gasteiger partial charge >= 0.3 is 0 Å². The van der Waals surface area contributed by atoms with E-state index in [9.17, 15) is 0 Å². The molecule has 9 aromatic rings. The van der Waals surface area contributed by atoms with Gasteiger partial charge in [-0.2, -0.15) is 0 Å². The van der Waals surface area contributed by atoms with Crippen LogP contribution in [0.1, 0.15) is 0 Å². The van der Waals surface area contributed by atoms with Crippen LogP contribution in [0, 0.1) is 0 Å². The van der Waals surface area contributed by atoms with E-state index >= 15 is 0 Å². The summed E-state index contributed by atoms with van der Waals surface area (Å²) in [5.74, 6) is 1.52. The van der Waals surface area contributed by atoms with Crippen LogP contribution in [0.2, 0.25) is 0 Å². The number of hydrogen-bond donors (Lipinski definition) is 0. The predicted molar refractivity (Wildman–Crippen MR) is 187 cm³/mol. The number of nitrogens with zero attached hydrogens (tertiary/aromatic N) is 5. The van der Waals surface area contributed by atoms with Gasteiger partial charge < -0.3 is 0 Å². The Labute approximate surface area is 265 Å². The SMILES string of the molecule is c1ccc(-c2cc(-c3ccccc3)nc(-n3c4ccccc4c4c5nc(-c6ccccc6)n(-c6ccccc6)c5ccc43)n2)cc1. The maximum atomic E-state index is 5.38. The quantitative estimate of drug-likeness (QED) is 0.201. The van der Waals surface area contributed by atoms with Crippen LogP contribution in [0.4, 0.5) is 0 Å². The van der Waals surface area contributed by atoms with Crippen molar-refractivity contribution in [1.29, 1.82) is 0 Å². The smallest absolute Gasteiger partial charge is 0.235 e. The van der Waals surface area contributed by atoms with Gasteiger partial charge in [0.15, 0.2) is 0 Å². The van der Waals surface area contributed by atoms with Crippen LogP contribution in [0.5, 0.6) is 0 Å². The first kappa shape index (κ1) is 26.1. The molecule has 0 aliphatic carbocycles. The van der Waals surface area contributed by atoms with Crippen LogP contribution in [-0.2, 0) is 0 Å². The number of fused-ring (bicyclic) bond motifs is 5. The summed E-state index contributed by atoms with van der Waals surface area (Å²) in [7, 11) is 0. The summed E-state index contributed by atoms with van der Waals surface area (Å²) in [6, 6.07) is 56.4. The lowest BCUT2D eigenvalue weighted by molar-refractivity contribution is 0.996. The van der Waals surface area contributed by atoms with Crippen molar-refractivity contribution in [2.24, 2.45) is 0 Å². The highest BCUT2D eigenvalue weighted by molar-refractivity contribution is 6.20. The number of rotatable bonds is 5. The molecule has 3 heterocycles. The highest BCUT2D eigenvalue weighted by Crippen LogP contribution is 2.39. The summed E-state index contributed by atoms with van der Waals surface area (Å²) < 4.78 is 4.45. The summed E-state index contributed by atoms with van der Waals surface area (Å²) in [5.41, 5.74) is 9.99. The van der Waals surface area contributed by atoms with Gasteiger partial charge in [-0.3, -0.25) is 9.13 Å². The molecule has 0 spiro atoms. The van der Waals surface area contributed by atoms with Gasteiger partial charge in [-0.1, -0.05) is 127 Å². The normalized spacial score (nSPS) is 11.5. The molecule has 46 heavy (non-hydrogen) atoms. The molecule has 0 saturated carbocycles. The standard InChI is InChI=1S/C41H27N5/c1-5-15-28(16-6-1)33-27-34(29-17-7-2-8-18-29)43-41(42-33)46-35-24-14-13-23-32(35)38-36(46)25-26-37-39(38)44-40(30-19-9-3-10-20-30)45(37)31-21-11-4-12-22-31/h1-27H. The number of hydrogen-bond acceptors (Lipinski definition) is 3. The molecule has 0 radical (unpaired) electrons. The van der Waals surface area contributed by atoms with Crippen LogP contribution in [-0.4, -0.2) is 24.1 Å². The van der Waals surface area contributed by atoms with Gasteiger partial charge in [-0.05, 0) is 36.4 Å². The molecule has 216 valence electrons. The van der Waals surface area contributed by atoms with Gasteiger partial charge in [0.2, 0.25) is 5.95 Å². The Morgan fingerprint density at radius 1 is 0.391 bits per heavy atom. The molecule has 0 fully saturated rings. The fourth-order valence-corrected chi connectivity index (χ4v) is 6.48. The lowest BCUT2D eigenvalue weighted by Gasteiger charge is -2.12. The van der Waals surface area contributed by atoms with Gasteiger partial charge in [0.05, 0.1) is 33.5 Å². The molecule has 0 bridgehead atoms. The van der Waals surface area contributed by atoms with Crippen molar-refractivity contribution in [3.05, 3.63) is 164 Å². The average Bonchev–Trinajstić information content (AvgIpc) is 3.69. The lowest BCUT2D eigenvalue weighted by Crippen LogP contribution is -2.04. The van der Waals surface area contributed by atoms with Crippen LogP contribution < -0.4 is 0 Å². The molecule has 0 N–H and O–H groups in total. The van der Waals surface area contributed by atoms with Crippen LogP contribution in [0.25, 0.3) is 78.4 Å². The van der Waals surface area contributed by atoms with Gasteiger partial charge in [0.1, 0.15) is 5.82 Å². The molecular weight excluding hydrogens is 562 g/mol. The molecule has 9 rings (SSSR count). The minimum Gasteiger partial charge on any atom is -0.292 e. The molecule has 0 unspecified atom stereocenters. The third kappa shape index (κ3) is 4.21. The molecular formula is C41H27N5. The van der Waals surface area contributed by atoms with E-state index in [1.807, 2.05) is 48.5 Å². The highest BCUT2D eigenvalue weighted by Gasteiger charge is 2.22. The molecule has 0 atom stereocenters. The van der Waals surface area contributed by atoms with Crippen molar-refractivity contribution in [2.75, 3.05) is 0 Å². The number of benzene rings is 6. The van der Waals surface area contributed by atoms with E-state index in [2.05, 4.69) is 124 Å². The van der Waals surface area contributed by atoms with E-state index in [1.165, 1.54) is 0 Å². The molecule has 0 saturated heterocycles. The zero-order chi connectivity index (χ0) is 30.5. The minimum absolute atomic E-state index is 0.622. The Bertz CT molecular complexity index is 2440. The van der Waals surface area contributed by atoms with Crippen LogP contribution in [0.3, 0.4) is 0 Å². The highest BCUT2D eigenvalue weighted by atomic mass is 15.2. The van der Waals surface area contributed by atoms with Gasteiger partial charge in [-0.15, -0.1) is 0 Å². The molecule has 3 aromatic heterocycles. The monoisotopic (exact) mass is 589 g/mol. The molecule has 6 aromatic carbocycles. The Morgan fingerprint density at radius 2 is 0.913 bits per heavy atom. The van der Waals surface area contributed by atoms with Crippen molar-refractivity contribution >= 4 is 32.8 Å². The second-order valence-corrected chi connectivity index (χ2v) is 11.3. The van der Waals surface area contributed by atoms with Crippen molar-refractivity contribution < 1.29 is 0 Å². The summed E-state index contributed by atoms with van der Waals surface area (Å²) >= 11 is 0. The first-order valence-electron chi connectivity index (χ1n) is 15.4. The second-order valence-electron chi connectivity index (χ2n) is 11.3. The first-order chi connectivity index (χ1) is 22.8. The van der Waals surface area contributed by atoms with Crippen molar-refractivity contribution in [3.63, 3.8) is 0 Å². The Kier molecular flexibility index (Phi) is 6.06. The molecule has 0 amide bonds. The Morgan fingerprint density at radius 3 is 1.54 bits per heavy atom. The first-order valence-corrected chi connectivity index (χ1v) is 15.4. The number of aromatic nitrogens is 5. The van der Waals surface area contributed by atoms with Gasteiger partial charge in [0.25, 0.3) is 0 Å². The molecule has 5 heteroatoms. The second kappa shape index (κ2) is 10.7. The average molecular weight is 590 g/mol. The largest absolute Gasteiger partial charge is 0.292 e. The topological polar surface area (TPSA) is 48.5 Å². The molecule has 0 aliphatic rings. The van der Waals surface area contributed by atoms with E-state index < -0.39 is 0 Å². The van der Waals surface area contributed by atoms with Crippen LogP contribution >= 0.6 is 0 Å². The number of para-hydroxylation sites is 2. The van der Waals surface area contributed by atoms with E-state index in [4.69, 9.17) is 15.0 Å². The maximum absolute atomic E-state index is 5.38. The summed E-state index contributed by atoms with van der Waals surface area (Å²) in [6.07, 6.45) is 0. The van der Waals surface area contributed by atoms with E-state index in [1.54, 1.807) is 0 Å². The Hall–Kier alpha value is -6.33. The maximum Gasteiger partial charge on any atom is 0.235 e. The minimum atomic E-state index is 0.622. The van der Waals surface area contributed by atoms with Gasteiger partial charge in [-0.25, -0.2) is 15.0 Å². The Balaban J connectivity index is 1.38. The van der Waals surface area contributed by atoms with E-state index in [0.29, 0.717) is 5.95 Å². The lowest BCUT2D eigenvalue weighted by atomic mass is 10.1. The zero-order valence-corrected chi connectivity index (χ0v) is 24.8. The summed E-state index contributed by atoms with van der Waals surface area (Å²) in [4.78, 5) is 15.8. The fourth-order valence-electron chi connectivity index (χ4n) is 6.48. The van der Waals surface area contributed by atoms with Crippen molar-refractivity contribution in [3.8, 4) is 45.5 Å². The fraction of sp³-hybridized carbons (Fsp3) is 0. The molecule has 0 aliphatic heterocycles. The van der Waals surface area contributed by atoms with E-state index in [-0.39, 0.29) is 0 Å². The summed E-state index contributed by atoms with van der Waals surface area (Å²) in [6.45, 7) is 0. The van der Waals surface area contributed by atoms with Gasteiger partial charge in [0, 0.05) is 33.2 Å². The third-order valence-electron chi connectivity index (χ3n) is 8.56. The van der Waals surface area contributed by atoms with Crippen molar-refractivity contribution in [2.45, 2.75) is 0 Å². The molecule has 5 nitrogen and oxygen atoms in total. The van der Waals surface area contributed by atoms with Crippen LogP contribution in [0.15, 0.2) is 164 Å². The number of imidazole rings is 1. The predicted octanol–water partition coefficient (Wildman–Crippen LogP) is 9.91. The third-order valence-corrected chi connectivity index (χ3v) is 8.56. The van der Waals surface area contributed by atoms with Crippen molar-refractivity contribution in [1.82, 2.24) is 24.1 Å². The zero-order valence-electron chi connectivity index (χ0n) is 24.8. The summed E-state index contributed by atoms with van der Waals surface area (Å²) in [5, 5.41) is 2.19. The van der Waals surface area contributed by atoms with E-state index in [0.717, 1.165) is 72.4 Å².